The van der Waals surface area contributed by atoms with Gasteiger partial charge in [-0.25, -0.2) is 0 Å². The Morgan fingerprint density at radius 2 is 1.88 bits per heavy atom. The highest BCUT2D eigenvalue weighted by atomic mass is 32.2. The number of fused-ring (bicyclic) bond motifs is 1. The van der Waals surface area contributed by atoms with Gasteiger partial charge in [-0.1, -0.05) is 42.1 Å². The van der Waals surface area contributed by atoms with Crippen molar-refractivity contribution in [3.8, 4) is 23.0 Å². The monoisotopic (exact) mass is 451 g/mol. The smallest absolute Gasteiger partial charge is 0.277 e. The quantitative estimate of drug-likeness (QED) is 0.513. The van der Waals surface area contributed by atoms with Crippen LogP contribution in [0.3, 0.4) is 0 Å². The number of likely N-dealkylation sites (tertiary alicyclic amines) is 1. The first-order valence-electron chi connectivity index (χ1n) is 10.9. The van der Waals surface area contributed by atoms with E-state index in [-0.39, 0.29) is 18.0 Å². The molecule has 0 N–H and O–H groups in total. The largest absolute Gasteiger partial charge is 0.454 e. The Bertz CT molecular complexity index is 1080. The molecule has 0 unspecified atom stereocenters. The molecule has 0 saturated carbocycles. The lowest BCUT2D eigenvalue weighted by molar-refractivity contribution is -0.131. The normalized spacial score (nSPS) is 16.8. The molecule has 166 valence electrons. The van der Waals surface area contributed by atoms with Crippen molar-refractivity contribution in [1.82, 2.24) is 15.1 Å². The van der Waals surface area contributed by atoms with Gasteiger partial charge in [0.2, 0.25) is 18.6 Å². The number of nitrogens with zero attached hydrogens (tertiary/aromatic N) is 3. The van der Waals surface area contributed by atoms with Crippen molar-refractivity contribution in [2.45, 2.75) is 36.7 Å². The molecule has 1 aromatic heterocycles. The molecule has 2 aromatic carbocycles. The second-order valence-electron chi connectivity index (χ2n) is 8.16. The fourth-order valence-electron chi connectivity index (χ4n) is 4.17. The number of hydrogen-bond donors (Lipinski definition) is 0. The summed E-state index contributed by atoms with van der Waals surface area (Å²) in [7, 11) is 0. The summed E-state index contributed by atoms with van der Waals surface area (Å²) in [6, 6.07) is 16.1. The number of thioether (sulfide) groups is 1. The van der Waals surface area contributed by atoms with Crippen molar-refractivity contribution in [3.63, 3.8) is 0 Å². The average Bonchev–Trinajstić information content (AvgIpc) is 3.49. The highest BCUT2D eigenvalue weighted by molar-refractivity contribution is 8.00. The van der Waals surface area contributed by atoms with E-state index in [9.17, 15) is 4.79 Å². The number of piperidine rings is 1. The van der Waals surface area contributed by atoms with E-state index in [1.807, 2.05) is 36.1 Å². The Morgan fingerprint density at radius 3 is 2.69 bits per heavy atom. The van der Waals surface area contributed by atoms with Gasteiger partial charge < -0.3 is 18.8 Å². The van der Waals surface area contributed by atoms with Crippen molar-refractivity contribution in [1.29, 1.82) is 0 Å². The van der Waals surface area contributed by atoms with Crippen LogP contribution >= 0.6 is 11.8 Å². The van der Waals surface area contributed by atoms with Crippen LogP contribution < -0.4 is 9.47 Å². The van der Waals surface area contributed by atoms with Crippen molar-refractivity contribution in [3.05, 3.63) is 54.1 Å². The Hall–Kier alpha value is -3.00. The molecule has 0 radical (unpaired) electrons. The van der Waals surface area contributed by atoms with Crippen molar-refractivity contribution >= 4 is 17.7 Å². The lowest BCUT2D eigenvalue weighted by Crippen LogP contribution is -2.42. The minimum absolute atomic E-state index is 0.121. The fourth-order valence-corrected chi connectivity index (χ4v) is 4.93. The minimum atomic E-state index is -0.286. The summed E-state index contributed by atoms with van der Waals surface area (Å²) < 4.78 is 16.5. The Kier molecular flexibility index (Phi) is 6.03. The van der Waals surface area contributed by atoms with Crippen LogP contribution in [0.15, 0.2) is 58.2 Å². The predicted molar refractivity (Wildman–Crippen MR) is 121 cm³/mol. The number of rotatable bonds is 6. The molecule has 2 aliphatic rings. The van der Waals surface area contributed by atoms with Gasteiger partial charge in [0.25, 0.3) is 5.22 Å². The van der Waals surface area contributed by atoms with Crippen LogP contribution in [-0.2, 0) is 11.2 Å². The maximum Gasteiger partial charge on any atom is 0.277 e. The fraction of sp³-hybridized carbons (Fsp3) is 0.375. The lowest BCUT2D eigenvalue weighted by Gasteiger charge is -2.33. The second-order valence-corrected chi connectivity index (χ2v) is 9.45. The van der Waals surface area contributed by atoms with E-state index >= 15 is 0 Å². The first kappa shape index (κ1) is 20.9. The van der Waals surface area contributed by atoms with Crippen LogP contribution in [0.4, 0.5) is 0 Å². The van der Waals surface area contributed by atoms with E-state index in [1.165, 1.54) is 17.3 Å². The number of carbonyl (C=O) groups is 1. The van der Waals surface area contributed by atoms with Gasteiger partial charge in [0.05, 0.1) is 5.25 Å². The third-order valence-corrected chi connectivity index (χ3v) is 6.87. The van der Waals surface area contributed by atoms with E-state index in [2.05, 4.69) is 34.5 Å². The number of hydrogen-bond acceptors (Lipinski definition) is 7. The topological polar surface area (TPSA) is 77.7 Å². The third-order valence-electron chi connectivity index (χ3n) is 5.94. The summed E-state index contributed by atoms with van der Waals surface area (Å²) in [5, 5.41) is 8.34. The highest BCUT2D eigenvalue weighted by Crippen LogP contribution is 2.36. The molecule has 3 aromatic rings. The van der Waals surface area contributed by atoms with Gasteiger partial charge in [0, 0.05) is 18.7 Å². The number of benzene rings is 2. The first-order chi connectivity index (χ1) is 15.7. The maximum atomic E-state index is 13.0. The highest BCUT2D eigenvalue weighted by Gasteiger charge is 2.28. The van der Waals surface area contributed by atoms with Crippen LogP contribution in [0.2, 0.25) is 0 Å². The van der Waals surface area contributed by atoms with Gasteiger partial charge in [-0.15, -0.1) is 10.2 Å². The van der Waals surface area contributed by atoms with Crippen LogP contribution in [0.25, 0.3) is 11.5 Å². The average molecular weight is 452 g/mol. The lowest BCUT2D eigenvalue weighted by atomic mass is 9.90. The molecule has 0 bridgehead atoms. The SMILES string of the molecule is C[C@H](Sc1nnc(-c2ccc3c(c2)OCO3)o1)C(=O)N1CCC(Cc2ccccc2)CC1. The zero-order chi connectivity index (χ0) is 21.9. The van der Waals surface area contributed by atoms with Crippen molar-refractivity contribution in [2.24, 2.45) is 5.92 Å². The van der Waals surface area contributed by atoms with Gasteiger partial charge >= 0.3 is 0 Å². The Balaban J connectivity index is 1.14. The molecule has 1 saturated heterocycles. The first-order valence-corrected chi connectivity index (χ1v) is 11.8. The van der Waals surface area contributed by atoms with Gasteiger partial charge in [-0.3, -0.25) is 4.79 Å². The Labute approximate surface area is 191 Å². The zero-order valence-electron chi connectivity index (χ0n) is 17.9. The summed E-state index contributed by atoms with van der Waals surface area (Å²) >= 11 is 1.30. The Morgan fingerprint density at radius 1 is 1.09 bits per heavy atom. The number of ether oxygens (including phenoxy) is 2. The van der Waals surface area contributed by atoms with Gasteiger partial charge in [-0.2, -0.15) is 0 Å². The van der Waals surface area contributed by atoms with Crippen molar-refractivity contribution < 1.29 is 18.7 Å². The molecule has 5 rings (SSSR count). The van der Waals surface area contributed by atoms with Gasteiger partial charge in [-0.05, 0) is 55.9 Å². The molecule has 8 heteroatoms. The molecular weight excluding hydrogens is 426 g/mol. The maximum absolute atomic E-state index is 13.0. The van der Waals surface area contributed by atoms with E-state index in [1.54, 1.807) is 0 Å². The van der Waals surface area contributed by atoms with Crippen LogP contribution in [0.5, 0.6) is 11.5 Å². The second kappa shape index (κ2) is 9.24. The van der Waals surface area contributed by atoms with Gasteiger partial charge in [0.15, 0.2) is 11.5 Å². The van der Waals surface area contributed by atoms with E-state index in [0.717, 1.165) is 37.9 Å². The summed E-state index contributed by atoms with van der Waals surface area (Å²) in [4.78, 5) is 14.9. The molecule has 1 fully saturated rings. The van der Waals surface area contributed by atoms with Crippen LogP contribution in [0.1, 0.15) is 25.3 Å². The summed E-state index contributed by atoms with van der Waals surface area (Å²) in [6.07, 6.45) is 3.15. The van der Waals surface area contributed by atoms with E-state index in [4.69, 9.17) is 13.9 Å². The molecule has 7 nitrogen and oxygen atoms in total. The summed E-state index contributed by atoms with van der Waals surface area (Å²) in [5.74, 6) is 2.51. The number of carbonyl (C=O) groups excluding carboxylic acids is 1. The minimum Gasteiger partial charge on any atom is -0.454 e. The molecule has 2 aliphatic heterocycles. The number of amides is 1. The standard InChI is InChI=1S/C24H25N3O4S/c1-16(23(28)27-11-9-18(10-12-27)13-17-5-3-2-4-6-17)32-24-26-25-22(31-24)19-7-8-20-21(14-19)30-15-29-20/h2-8,14,16,18H,9-13,15H2,1H3/t16-/m0/s1. The van der Waals surface area contributed by atoms with Crippen molar-refractivity contribution in [2.75, 3.05) is 19.9 Å². The molecule has 1 atom stereocenters. The van der Waals surface area contributed by atoms with Gasteiger partial charge in [0.1, 0.15) is 0 Å². The van der Waals surface area contributed by atoms with Crippen LogP contribution in [-0.4, -0.2) is 46.1 Å². The summed E-state index contributed by atoms with van der Waals surface area (Å²) in [6.45, 7) is 3.71. The molecule has 0 spiro atoms. The summed E-state index contributed by atoms with van der Waals surface area (Å²) in [5.41, 5.74) is 2.13. The molecule has 0 aliphatic carbocycles. The molecule has 3 heterocycles. The van der Waals surface area contributed by atoms with Crippen LogP contribution in [0, 0.1) is 5.92 Å². The number of aromatic nitrogens is 2. The predicted octanol–water partition coefficient (Wildman–Crippen LogP) is 4.43. The third kappa shape index (κ3) is 4.60. The van der Waals surface area contributed by atoms with E-state index < -0.39 is 0 Å². The van der Waals surface area contributed by atoms with E-state index in [0.29, 0.717) is 28.5 Å². The zero-order valence-corrected chi connectivity index (χ0v) is 18.7. The molecular formula is C24H25N3O4S. The molecule has 32 heavy (non-hydrogen) atoms. The molecule has 1 amide bonds.